The van der Waals surface area contributed by atoms with Crippen molar-refractivity contribution in [3.8, 4) is 0 Å². The lowest BCUT2D eigenvalue weighted by molar-refractivity contribution is 1.09. The summed E-state index contributed by atoms with van der Waals surface area (Å²) in [5, 5.41) is 0.824. The summed E-state index contributed by atoms with van der Waals surface area (Å²) in [4.78, 5) is 4.24. The molecule has 0 unspecified atom stereocenters. The molecular formula is C8H6Br2N2. The van der Waals surface area contributed by atoms with Gasteiger partial charge in [-0.25, -0.2) is 4.98 Å². The maximum Gasteiger partial charge on any atom is 0.136 e. The number of pyridine rings is 1. The molecule has 12 heavy (non-hydrogen) atoms. The fourth-order valence-corrected chi connectivity index (χ4v) is 1.86. The second-order valence-corrected chi connectivity index (χ2v) is 3.94. The summed E-state index contributed by atoms with van der Waals surface area (Å²) in [5.41, 5.74) is 2.14. The van der Waals surface area contributed by atoms with Crippen LogP contribution >= 0.6 is 31.9 Å². The van der Waals surface area contributed by atoms with Crippen molar-refractivity contribution in [2.45, 2.75) is 5.33 Å². The average molecular weight is 290 g/mol. The van der Waals surface area contributed by atoms with Crippen LogP contribution in [0, 0.1) is 0 Å². The number of alkyl halides is 1. The number of halogens is 2. The number of hydrogen-bond donors (Lipinski definition) is 0. The smallest absolute Gasteiger partial charge is 0.136 e. The number of nitrogens with zero attached hydrogens (tertiary/aromatic N) is 2. The predicted molar refractivity (Wildman–Crippen MR) is 55.5 cm³/mol. The highest BCUT2D eigenvalue weighted by Gasteiger charge is 2.00. The Bertz CT molecular complexity index is 408. The third kappa shape index (κ3) is 1.29. The fourth-order valence-electron chi connectivity index (χ4n) is 1.10. The first-order chi connectivity index (χ1) is 5.81. The normalized spacial score (nSPS) is 10.8. The molecule has 0 radical (unpaired) electrons. The van der Waals surface area contributed by atoms with E-state index in [0.29, 0.717) is 0 Å². The van der Waals surface area contributed by atoms with Gasteiger partial charge in [0.15, 0.2) is 0 Å². The van der Waals surface area contributed by atoms with Crippen molar-refractivity contribution in [3.05, 3.63) is 34.7 Å². The molecule has 0 atom stereocenters. The van der Waals surface area contributed by atoms with Crippen LogP contribution in [-0.4, -0.2) is 9.38 Å². The van der Waals surface area contributed by atoms with Crippen molar-refractivity contribution < 1.29 is 0 Å². The first-order valence-electron chi connectivity index (χ1n) is 3.49. The lowest BCUT2D eigenvalue weighted by Gasteiger charge is -1.97. The Morgan fingerprint density at radius 2 is 2.25 bits per heavy atom. The van der Waals surface area contributed by atoms with Crippen molar-refractivity contribution in [2.75, 3.05) is 0 Å². The zero-order valence-corrected chi connectivity index (χ0v) is 9.34. The highest BCUT2D eigenvalue weighted by atomic mass is 79.9. The van der Waals surface area contributed by atoms with E-state index in [1.165, 1.54) is 0 Å². The van der Waals surface area contributed by atoms with E-state index >= 15 is 0 Å². The van der Waals surface area contributed by atoms with Crippen molar-refractivity contribution in [3.63, 3.8) is 0 Å². The van der Waals surface area contributed by atoms with Crippen LogP contribution in [0.25, 0.3) is 5.65 Å². The van der Waals surface area contributed by atoms with E-state index < -0.39 is 0 Å². The van der Waals surface area contributed by atoms with Crippen LogP contribution in [0.3, 0.4) is 0 Å². The third-order valence-corrected chi connectivity index (χ3v) is 2.73. The summed E-state index contributed by atoms with van der Waals surface area (Å²) >= 11 is 6.82. The van der Waals surface area contributed by atoms with Gasteiger partial charge in [-0.1, -0.05) is 15.9 Å². The number of hydrogen-bond acceptors (Lipinski definition) is 1. The van der Waals surface area contributed by atoms with E-state index in [0.717, 1.165) is 21.1 Å². The van der Waals surface area contributed by atoms with Crippen molar-refractivity contribution in [2.24, 2.45) is 0 Å². The predicted octanol–water partition coefficient (Wildman–Crippen LogP) is 2.99. The van der Waals surface area contributed by atoms with E-state index in [1.54, 1.807) is 0 Å². The Balaban J connectivity index is 2.75. The van der Waals surface area contributed by atoms with Crippen LogP contribution in [0.5, 0.6) is 0 Å². The van der Waals surface area contributed by atoms with Gasteiger partial charge in [-0.05, 0) is 28.1 Å². The number of rotatable bonds is 1. The van der Waals surface area contributed by atoms with Crippen molar-refractivity contribution in [1.82, 2.24) is 9.38 Å². The van der Waals surface area contributed by atoms with E-state index in [9.17, 15) is 0 Å². The maximum absolute atomic E-state index is 4.24. The first-order valence-corrected chi connectivity index (χ1v) is 5.40. The highest BCUT2D eigenvalue weighted by Crippen LogP contribution is 2.14. The second kappa shape index (κ2) is 3.18. The minimum Gasteiger partial charge on any atom is -0.302 e. The van der Waals surface area contributed by atoms with Crippen LogP contribution in [-0.2, 0) is 5.33 Å². The largest absolute Gasteiger partial charge is 0.302 e. The molecule has 0 spiro atoms. The fraction of sp³-hybridized carbons (Fsp3) is 0.125. The summed E-state index contributed by atoms with van der Waals surface area (Å²) in [5.74, 6) is 0. The van der Waals surface area contributed by atoms with Gasteiger partial charge in [0, 0.05) is 16.0 Å². The van der Waals surface area contributed by atoms with Gasteiger partial charge in [0.2, 0.25) is 0 Å². The van der Waals surface area contributed by atoms with E-state index in [-0.39, 0.29) is 0 Å². The topological polar surface area (TPSA) is 17.3 Å². The van der Waals surface area contributed by atoms with Crippen LogP contribution < -0.4 is 0 Å². The molecule has 62 valence electrons. The molecule has 0 aliphatic heterocycles. The molecule has 2 aromatic heterocycles. The van der Waals surface area contributed by atoms with Crippen molar-refractivity contribution in [1.29, 1.82) is 0 Å². The molecule has 0 amide bonds. The summed E-state index contributed by atoms with van der Waals surface area (Å²) in [6.45, 7) is 0. The molecular weight excluding hydrogens is 284 g/mol. The lowest BCUT2D eigenvalue weighted by atomic mass is 10.4. The monoisotopic (exact) mass is 288 g/mol. The summed E-state index contributed by atoms with van der Waals surface area (Å²) < 4.78 is 3.12. The Morgan fingerprint density at radius 3 is 3.00 bits per heavy atom. The van der Waals surface area contributed by atoms with Gasteiger partial charge in [0.05, 0.1) is 11.9 Å². The molecule has 0 saturated carbocycles. The molecule has 0 aliphatic carbocycles. The molecule has 2 aromatic rings. The molecule has 0 bridgehead atoms. The standard InChI is InChI=1S/C8H6Br2N2/c9-3-7-4-11-8-2-1-6(10)5-12(7)8/h1-2,4-5H,3H2. The van der Waals surface area contributed by atoms with Gasteiger partial charge in [0.1, 0.15) is 5.65 Å². The molecule has 2 heterocycles. The van der Waals surface area contributed by atoms with Gasteiger partial charge in [0.25, 0.3) is 0 Å². The Hall–Kier alpha value is -0.350. The number of aromatic nitrogens is 2. The third-order valence-electron chi connectivity index (χ3n) is 1.68. The number of fused-ring (bicyclic) bond motifs is 1. The number of imidazole rings is 1. The molecule has 0 saturated heterocycles. The zero-order chi connectivity index (χ0) is 8.55. The van der Waals surface area contributed by atoms with Crippen LogP contribution in [0.1, 0.15) is 5.69 Å². The van der Waals surface area contributed by atoms with Gasteiger partial charge < -0.3 is 4.40 Å². The molecule has 0 N–H and O–H groups in total. The molecule has 0 aromatic carbocycles. The molecule has 2 nitrogen and oxygen atoms in total. The molecule has 4 heteroatoms. The van der Waals surface area contributed by atoms with Crippen molar-refractivity contribution >= 4 is 37.5 Å². The van der Waals surface area contributed by atoms with E-state index in [4.69, 9.17) is 0 Å². The summed E-state index contributed by atoms with van der Waals surface area (Å²) in [7, 11) is 0. The summed E-state index contributed by atoms with van der Waals surface area (Å²) in [6, 6.07) is 3.97. The Morgan fingerprint density at radius 1 is 1.42 bits per heavy atom. The minimum absolute atomic E-state index is 0.824. The zero-order valence-electron chi connectivity index (χ0n) is 6.17. The van der Waals surface area contributed by atoms with Gasteiger partial charge in [-0.3, -0.25) is 0 Å². The SMILES string of the molecule is BrCc1cnc2ccc(Br)cn12. The molecule has 2 rings (SSSR count). The molecule has 0 fully saturated rings. The lowest BCUT2D eigenvalue weighted by Crippen LogP contribution is -1.88. The quantitative estimate of drug-likeness (QED) is 0.738. The minimum atomic E-state index is 0.824. The maximum atomic E-state index is 4.24. The van der Waals surface area contributed by atoms with E-state index in [1.807, 2.05) is 24.5 Å². The van der Waals surface area contributed by atoms with Gasteiger partial charge in [-0.2, -0.15) is 0 Å². The van der Waals surface area contributed by atoms with Crippen LogP contribution in [0.4, 0.5) is 0 Å². The van der Waals surface area contributed by atoms with E-state index in [2.05, 4.69) is 41.2 Å². The first kappa shape index (κ1) is 8.26. The van der Waals surface area contributed by atoms with Crippen LogP contribution in [0.2, 0.25) is 0 Å². The van der Waals surface area contributed by atoms with Gasteiger partial charge >= 0.3 is 0 Å². The van der Waals surface area contributed by atoms with Crippen LogP contribution in [0.15, 0.2) is 29.0 Å². The average Bonchev–Trinajstić information content (AvgIpc) is 2.46. The van der Waals surface area contributed by atoms with Gasteiger partial charge in [-0.15, -0.1) is 0 Å². The Kier molecular flexibility index (Phi) is 2.19. The highest BCUT2D eigenvalue weighted by molar-refractivity contribution is 9.10. The summed E-state index contributed by atoms with van der Waals surface area (Å²) in [6.07, 6.45) is 3.88. The molecule has 0 aliphatic rings. The second-order valence-electron chi connectivity index (χ2n) is 2.46. The Labute approximate surface area is 86.9 Å².